The first-order chi connectivity index (χ1) is 9.48. The van der Waals surface area contributed by atoms with Crippen LogP contribution >= 0.6 is 0 Å². The first kappa shape index (κ1) is 12.5. The Hall–Kier alpha value is -1.25. The van der Waals surface area contributed by atoms with Gasteiger partial charge in [-0.1, -0.05) is 0 Å². The molecule has 1 heterocycles. The van der Waals surface area contributed by atoms with Gasteiger partial charge in [-0.25, -0.2) is 4.79 Å². The van der Waals surface area contributed by atoms with Gasteiger partial charge in [0.1, 0.15) is 0 Å². The molecule has 3 nitrogen and oxygen atoms in total. The summed E-state index contributed by atoms with van der Waals surface area (Å²) in [6, 6.07) is 1.87. The molecule has 4 aliphatic carbocycles. The van der Waals surface area contributed by atoms with Gasteiger partial charge < -0.3 is 9.67 Å². The minimum atomic E-state index is -0.751. The highest BCUT2D eigenvalue weighted by molar-refractivity contribution is 5.90. The van der Waals surface area contributed by atoms with E-state index < -0.39 is 5.97 Å². The third-order valence-corrected chi connectivity index (χ3v) is 6.24. The zero-order valence-electron chi connectivity index (χ0n) is 12.4. The van der Waals surface area contributed by atoms with Crippen LogP contribution in [0, 0.1) is 24.7 Å². The minimum absolute atomic E-state index is 0.158. The lowest BCUT2D eigenvalue weighted by atomic mass is 9.48. The molecule has 1 N–H and O–H groups in total. The van der Waals surface area contributed by atoms with Gasteiger partial charge in [-0.2, -0.15) is 0 Å². The van der Waals surface area contributed by atoms with Crippen molar-refractivity contribution in [2.45, 2.75) is 50.9 Å². The predicted molar refractivity (Wildman–Crippen MR) is 77.0 cm³/mol. The van der Waals surface area contributed by atoms with Crippen molar-refractivity contribution in [1.82, 2.24) is 4.57 Å². The molecule has 4 fully saturated rings. The molecule has 0 spiro atoms. The molecule has 1 aromatic rings. The topological polar surface area (TPSA) is 42.2 Å². The zero-order valence-corrected chi connectivity index (χ0v) is 12.4. The molecule has 108 valence electrons. The van der Waals surface area contributed by atoms with Crippen molar-refractivity contribution in [3.8, 4) is 0 Å². The highest BCUT2D eigenvalue weighted by Gasteiger charge is 2.53. The molecular weight excluding hydrogens is 250 g/mol. The summed E-state index contributed by atoms with van der Waals surface area (Å²) in [5.41, 5.74) is 2.92. The first-order valence-electron chi connectivity index (χ1n) is 7.88. The molecule has 4 aliphatic rings. The molecule has 0 unspecified atom stereocenters. The Kier molecular flexibility index (Phi) is 2.43. The van der Waals surface area contributed by atoms with Crippen LogP contribution in [-0.2, 0) is 12.5 Å². The van der Waals surface area contributed by atoms with Gasteiger partial charge >= 0.3 is 5.97 Å². The van der Waals surface area contributed by atoms with Gasteiger partial charge in [0.25, 0.3) is 0 Å². The average molecular weight is 273 g/mol. The third-order valence-electron chi connectivity index (χ3n) is 6.24. The maximum absolute atomic E-state index is 11.7. The summed E-state index contributed by atoms with van der Waals surface area (Å²) in [5.74, 6) is 1.79. The van der Waals surface area contributed by atoms with E-state index in [1.165, 1.54) is 38.5 Å². The normalized spacial score (nSPS) is 38.4. The number of rotatable bonds is 2. The van der Waals surface area contributed by atoms with Crippen molar-refractivity contribution >= 4 is 5.97 Å². The van der Waals surface area contributed by atoms with Crippen LogP contribution in [0.2, 0.25) is 0 Å². The number of aryl methyl sites for hydroxylation is 1. The van der Waals surface area contributed by atoms with Gasteiger partial charge in [-0.05, 0) is 69.3 Å². The summed E-state index contributed by atoms with van der Waals surface area (Å²) < 4.78 is 2.16. The molecule has 4 saturated carbocycles. The minimum Gasteiger partial charge on any atom is -0.478 e. The highest BCUT2D eigenvalue weighted by Crippen LogP contribution is 2.61. The van der Waals surface area contributed by atoms with Crippen LogP contribution in [0.15, 0.2) is 6.07 Å². The molecule has 3 heteroatoms. The molecule has 0 aromatic carbocycles. The van der Waals surface area contributed by atoms with E-state index >= 15 is 0 Å². The molecule has 0 amide bonds. The summed E-state index contributed by atoms with van der Waals surface area (Å²) in [6.45, 7) is 2.02. The van der Waals surface area contributed by atoms with Crippen LogP contribution in [0.3, 0.4) is 0 Å². The monoisotopic (exact) mass is 273 g/mol. The Morgan fingerprint density at radius 3 is 2.15 bits per heavy atom. The van der Waals surface area contributed by atoms with Crippen LogP contribution in [0.25, 0.3) is 0 Å². The SMILES string of the molecule is Cc1cc(C(=O)O)c(C23CC4CC(CC(C4)C2)C3)n1C. The van der Waals surface area contributed by atoms with E-state index in [1.54, 1.807) is 0 Å². The molecular formula is C17H23NO2. The Morgan fingerprint density at radius 1 is 1.20 bits per heavy atom. The van der Waals surface area contributed by atoms with Crippen molar-refractivity contribution < 1.29 is 9.90 Å². The van der Waals surface area contributed by atoms with Crippen LogP contribution in [0.4, 0.5) is 0 Å². The van der Waals surface area contributed by atoms with Crippen LogP contribution in [-0.4, -0.2) is 15.6 Å². The van der Waals surface area contributed by atoms with E-state index in [9.17, 15) is 9.90 Å². The molecule has 1 aromatic heterocycles. The summed E-state index contributed by atoms with van der Waals surface area (Å²) in [4.78, 5) is 11.7. The number of carboxylic acids is 1. The molecule has 4 bridgehead atoms. The van der Waals surface area contributed by atoms with Crippen LogP contribution < -0.4 is 0 Å². The standard InChI is InChI=1S/C17H23NO2/c1-10-3-14(16(19)20)15(18(10)2)17-7-11-4-12(8-17)6-13(5-11)9-17/h3,11-13H,4-9H2,1-2H3,(H,19,20). The van der Waals surface area contributed by atoms with Crippen molar-refractivity contribution in [2.75, 3.05) is 0 Å². The fraction of sp³-hybridized carbons (Fsp3) is 0.706. The van der Waals surface area contributed by atoms with Gasteiger partial charge in [0.05, 0.1) is 5.56 Å². The lowest BCUT2D eigenvalue weighted by Crippen LogP contribution is -2.49. The van der Waals surface area contributed by atoms with E-state index in [0.29, 0.717) is 5.56 Å². The number of hydrogen-bond donors (Lipinski definition) is 1. The number of carboxylic acid groups (broad SMARTS) is 1. The van der Waals surface area contributed by atoms with Crippen molar-refractivity contribution in [3.05, 3.63) is 23.0 Å². The first-order valence-corrected chi connectivity index (χ1v) is 7.88. The molecule has 5 rings (SSSR count). The second-order valence-electron chi connectivity index (χ2n) is 7.61. The third kappa shape index (κ3) is 1.55. The summed E-state index contributed by atoms with van der Waals surface area (Å²) in [6.07, 6.45) is 7.84. The number of aromatic carboxylic acids is 1. The maximum atomic E-state index is 11.7. The lowest BCUT2D eigenvalue weighted by molar-refractivity contribution is -0.00913. The van der Waals surface area contributed by atoms with E-state index in [1.807, 2.05) is 13.0 Å². The van der Waals surface area contributed by atoms with Gasteiger partial charge in [0.15, 0.2) is 0 Å². The van der Waals surface area contributed by atoms with Gasteiger partial charge in [0.2, 0.25) is 0 Å². The van der Waals surface area contributed by atoms with E-state index in [0.717, 1.165) is 29.1 Å². The van der Waals surface area contributed by atoms with Crippen molar-refractivity contribution in [2.24, 2.45) is 24.8 Å². The zero-order chi connectivity index (χ0) is 14.1. The summed E-state index contributed by atoms with van der Waals surface area (Å²) >= 11 is 0. The smallest absolute Gasteiger partial charge is 0.337 e. The van der Waals surface area contributed by atoms with Crippen LogP contribution in [0.5, 0.6) is 0 Å². The quantitative estimate of drug-likeness (QED) is 0.896. The Balaban J connectivity index is 1.87. The molecule has 0 aliphatic heterocycles. The van der Waals surface area contributed by atoms with E-state index in [-0.39, 0.29) is 5.41 Å². The number of nitrogens with zero attached hydrogens (tertiary/aromatic N) is 1. The average Bonchev–Trinajstić information content (AvgIpc) is 2.65. The molecule has 0 atom stereocenters. The molecule has 0 saturated heterocycles. The number of carbonyl (C=O) groups is 1. The highest BCUT2D eigenvalue weighted by atomic mass is 16.4. The second kappa shape index (κ2) is 3.90. The molecule has 0 radical (unpaired) electrons. The second-order valence-corrected chi connectivity index (χ2v) is 7.61. The van der Waals surface area contributed by atoms with Gasteiger partial charge in [-0.3, -0.25) is 0 Å². The predicted octanol–water partition coefficient (Wildman–Crippen LogP) is 3.50. The fourth-order valence-corrected chi connectivity index (χ4v) is 5.94. The van der Waals surface area contributed by atoms with E-state index in [4.69, 9.17) is 0 Å². The van der Waals surface area contributed by atoms with E-state index in [2.05, 4.69) is 11.6 Å². The fourth-order valence-electron chi connectivity index (χ4n) is 5.94. The summed E-state index contributed by atoms with van der Waals surface area (Å²) in [7, 11) is 2.05. The van der Waals surface area contributed by atoms with Gasteiger partial charge in [-0.15, -0.1) is 0 Å². The van der Waals surface area contributed by atoms with Crippen molar-refractivity contribution in [3.63, 3.8) is 0 Å². The Morgan fingerprint density at radius 2 is 1.70 bits per heavy atom. The number of hydrogen-bond acceptors (Lipinski definition) is 1. The van der Waals surface area contributed by atoms with Crippen molar-refractivity contribution in [1.29, 1.82) is 0 Å². The maximum Gasteiger partial charge on any atom is 0.337 e. The lowest BCUT2D eigenvalue weighted by Gasteiger charge is -2.57. The Bertz CT molecular complexity index is 549. The molecule has 20 heavy (non-hydrogen) atoms. The largest absolute Gasteiger partial charge is 0.478 e. The van der Waals surface area contributed by atoms with Crippen LogP contribution in [0.1, 0.15) is 60.3 Å². The van der Waals surface area contributed by atoms with Gasteiger partial charge in [0, 0.05) is 23.9 Å². The number of aromatic nitrogens is 1. The summed E-state index contributed by atoms with van der Waals surface area (Å²) in [5, 5.41) is 9.59. The Labute approximate surface area is 120 Å².